The lowest BCUT2D eigenvalue weighted by atomic mass is 10.0. The summed E-state index contributed by atoms with van der Waals surface area (Å²) >= 11 is 3.50. The Morgan fingerprint density at radius 3 is 1.61 bits per heavy atom. The molecule has 0 aliphatic carbocycles. The van der Waals surface area contributed by atoms with Crippen LogP contribution in [0.15, 0.2) is 46.6 Å². The zero-order valence-corrected chi connectivity index (χ0v) is 23.7. The van der Waals surface area contributed by atoms with Gasteiger partial charge >= 0.3 is 0 Å². The first-order valence-electron chi connectivity index (χ1n) is 13.0. The smallest absolute Gasteiger partial charge is 0.222 e. The molecule has 33 heavy (non-hydrogen) atoms. The van der Waals surface area contributed by atoms with E-state index in [1.165, 1.54) is 35.1 Å². The standard InChI is InChI=1S/C29H49BrN2O/c1-25(2)11-6-12-26(3)13-7-14-27(4)15-8-16-28(5)17-9-18-29(33)32-23-21-31(22-24-32)20-10-19-30/h11,13,15,17H,6-10,12,14,16,18-24H2,1-5H3/b26-13+,27-15+,28-17+. The van der Waals surface area contributed by atoms with Gasteiger partial charge in [0.1, 0.15) is 0 Å². The Morgan fingerprint density at radius 2 is 1.15 bits per heavy atom. The highest BCUT2D eigenvalue weighted by Crippen LogP contribution is 2.14. The Morgan fingerprint density at radius 1 is 0.697 bits per heavy atom. The highest BCUT2D eigenvalue weighted by molar-refractivity contribution is 9.09. The molecule has 0 radical (unpaired) electrons. The van der Waals surface area contributed by atoms with E-state index in [0.717, 1.165) is 76.6 Å². The number of amides is 1. The van der Waals surface area contributed by atoms with Crippen molar-refractivity contribution < 1.29 is 4.79 Å². The van der Waals surface area contributed by atoms with Crippen LogP contribution in [0, 0.1) is 0 Å². The molecule has 0 aromatic rings. The number of carbonyl (C=O) groups excluding carboxylic acids is 1. The number of rotatable bonds is 15. The maximum Gasteiger partial charge on any atom is 0.222 e. The molecule has 0 bridgehead atoms. The molecule has 0 aromatic heterocycles. The lowest BCUT2D eigenvalue weighted by Gasteiger charge is -2.34. The van der Waals surface area contributed by atoms with Crippen LogP contribution in [0.1, 0.15) is 92.4 Å². The quantitative estimate of drug-likeness (QED) is 0.162. The summed E-state index contributed by atoms with van der Waals surface area (Å²) in [4.78, 5) is 17.0. The van der Waals surface area contributed by atoms with Crippen LogP contribution in [0.3, 0.4) is 0 Å². The largest absolute Gasteiger partial charge is 0.340 e. The summed E-state index contributed by atoms with van der Waals surface area (Å²) in [5.74, 6) is 0.319. The van der Waals surface area contributed by atoms with Crippen LogP contribution in [0.4, 0.5) is 0 Å². The van der Waals surface area contributed by atoms with E-state index in [0.29, 0.717) is 12.3 Å². The second kappa shape index (κ2) is 18.2. The van der Waals surface area contributed by atoms with Crippen LogP contribution in [0.2, 0.25) is 0 Å². The van der Waals surface area contributed by atoms with Gasteiger partial charge in [-0.25, -0.2) is 0 Å². The summed E-state index contributed by atoms with van der Waals surface area (Å²) in [5.41, 5.74) is 5.81. The summed E-state index contributed by atoms with van der Waals surface area (Å²) in [6.07, 6.45) is 18.9. The third kappa shape index (κ3) is 15.4. The molecular formula is C29H49BrN2O. The van der Waals surface area contributed by atoms with Crippen LogP contribution < -0.4 is 0 Å². The van der Waals surface area contributed by atoms with Crippen molar-refractivity contribution in [2.75, 3.05) is 38.1 Å². The average Bonchev–Trinajstić information content (AvgIpc) is 2.77. The molecule has 1 saturated heterocycles. The van der Waals surface area contributed by atoms with E-state index in [1.807, 2.05) is 0 Å². The van der Waals surface area contributed by atoms with Gasteiger partial charge in [0, 0.05) is 37.9 Å². The minimum absolute atomic E-state index is 0.319. The Labute approximate surface area is 213 Å². The summed E-state index contributed by atoms with van der Waals surface area (Å²) in [5, 5.41) is 1.06. The van der Waals surface area contributed by atoms with Crippen LogP contribution in [0.5, 0.6) is 0 Å². The van der Waals surface area contributed by atoms with Gasteiger partial charge < -0.3 is 4.90 Å². The summed E-state index contributed by atoms with van der Waals surface area (Å²) in [6.45, 7) is 16.0. The molecule has 4 heteroatoms. The fraction of sp³-hybridized carbons (Fsp3) is 0.690. The van der Waals surface area contributed by atoms with Gasteiger partial charge in [0.25, 0.3) is 0 Å². The van der Waals surface area contributed by atoms with Gasteiger partial charge in [-0.05, 0) is 92.5 Å². The Balaban J connectivity index is 2.20. The average molecular weight is 522 g/mol. The number of halogens is 1. The molecule has 3 nitrogen and oxygen atoms in total. The Bertz CT molecular complexity index is 678. The van der Waals surface area contributed by atoms with Crippen molar-refractivity contribution in [3.63, 3.8) is 0 Å². The van der Waals surface area contributed by atoms with Gasteiger partial charge in [0.2, 0.25) is 5.91 Å². The first-order chi connectivity index (χ1) is 15.8. The zero-order chi connectivity index (χ0) is 24.5. The van der Waals surface area contributed by atoms with Crippen molar-refractivity contribution in [3.05, 3.63) is 46.6 Å². The van der Waals surface area contributed by atoms with Gasteiger partial charge in [-0.15, -0.1) is 0 Å². The zero-order valence-electron chi connectivity index (χ0n) is 22.1. The summed E-state index contributed by atoms with van der Waals surface area (Å²) in [6, 6.07) is 0. The molecule has 1 aliphatic heterocycles. The van der Waals surface area contributed by atoms with E-state index >= 15 is 0 Å². The van der Waals surface area contributed by atoms with Gasteiger partial charge in [-0.2, -0.15) is 0 Å². The van der Waals surface area contributed by atoms with Crippen molar-refractivity contribution in [2.45, 2.75) is 92.4 Å². The highest BCUT2D eigenvalue weighted by Gasteiger charge is 2.19. The predicted molar refractivity (Wildman–Crippen MR) is 149 cm³/mol. The van der Waals surface area contributed by atoms with Gasteiger partial charge in [0.15, 0.2) is 0 Å². The molecule has 0 aromatic carbocycles. The number of allylic oxidation sites excluding steroid dienone is 8. The molecule has 1 heterocycles. The predicted octanol–water partition coefficient (Wildman–Crippen LogP) is 7.84. The monoisotopic (exact) mass is 520 g/mol. The van der Waals surface area contributed by atoms with E-state index in [9.17, 15) is 4.79 Å². The van der Waals surface area contributed by atoms with Gasteiger partial charge in [0.05, 0.1) is 0 Å². The lowest BCUT2D eigenvalue weighted by molar-refractivity contribution is -0.132. The van der Waals surface area contributed by atoms with Crippen LogP contribution in [0.25, 0.3) is 0 Å². The molecule has 0 unspecified atom stereocenters. The second-order valence-electron chi connectivity index (χ2n) is 9.85. The third-order valence-corrected chi connectivity index (χ3v) is 6.90. The first-order valence-corrected chi connectivity index (χ1v) is 14.1. The van der Waals surface area contributed by atoms with Gasteiger partial charge in [-0.3, -0.25) is 9.69 Å². The SMILES string of the molecule is CC(C)=CCC/C(C)=C/CC/C(C)=C/CC/C(C)=C/CCC(=O)N1CCN(CCCBr)CC1. The lowest BCUT2D eigenvalue weighted by Crippen LogP contribution is -2.48. The van der Waals surface area contributed by atoms with Crippen LogP contribution >= 0.6 is 15.9 Å². The highest BCUT2D eigenvalue weighted by atomic mass is 79.9. The Hall–Kier alpha value is -1.13. The molecule has 0 spiro atoms. The maximum atomic E-state index is 12.5. The van der Waals surface area contributed by atoms with E-state index in [-0.39, 0.29) is 0 Å². The molecular weight excluding hydrogens is 472 g/mol. The third-order valence-electron chi connectivity index (χ3n) is 6.34. The topological polar surface area (TPSA) is 23.6 Å². The molecule has 188 valence electrons. The van der Waals surface area contributed by atoms with E-state index < -0.39 is 0 Å². The molecule has 1 aliphatic rings. The minimum atomic E-state index is 0.319. The van der Waals surface area contributed by atoms with Crippen molar-refractivity contribution in [3.8, 4) is 0 Å². The molecule has 1 fully saturated rings. The number of alkyl halides is 1. The van der Waals surface area contributed by atoms with Crippen molar-refractivity contribution in [1.29, 1.82) is 0 Å². The van der Waals surface area contributed by atoms with Crippen LogP contribution in [-0.2, 0) is 4.79 Å². The number of carbonyl (C=O) groups is 1. The Kier molecular flexibility index (Phi) is 16.5. The number of piperazine rings is 1. The summed E-state index contributed by atoms with van der Waals surface area (Å²) < 4.78 is 0. The maximum absolute atomic E-state index is 12.5. The second-order valence-corrected chi connectivity index (χ2v) is 10.6. The van der Waals surface area contributed by atoms with E-state index in [2.05, 4.69) is 84.7 Å². The van der Waals surface area contributed by atoms with Crippen molar-refractivity contribution >= 4 is 21.8 Å². The molecule has 1 amide bonds. The minimum Gasteiger partial charge on any atom is -0.340 e. The molecule has 0 saturated carbocycles. The molecule has 1 rings (SSSR count). The number of hydrogen-bond donors (Lipinski definition) is 0. The van der Waals surface area contributed by atoms with Crippen molar-refractivity contribution in [1.82, 2.24) is 9.80 Å². The molecule has 0 N–H and O–H groups in total. The molecule has 0 atom stereocenters. The van der Waals surface area contributed by atoms with E-state index in [4.69, 9.17) is 0 Å². The summed E-state index contributed by atoms with van der Waals surface area (Å²) in [7, 11) is 0. The van der Waals surface area contributed by atoms with Crippen LogP contribution in [-0.4, -0.2) is 53.8 Å². The van der Waals surface area contributed by atoms with E-state index in [1.54, 1.807) is 0 Å². The number of nitrogens with zero attached hydrogens (tertiary/aromatic N) is 2. The van der Waals surface area contributed by atoms with Gasteiger partial charge in [-0.1, -0.05) is 62.5 Å². The van der Waals surface area contributed by atoms with Crippen molar-refractivity contribution in [2.24, 2.45) is 0 Å². The number of hydrogen-bond acceptors (Lipinski definition) is 2. The first kappa shape index (κ1) is 29.9. The fourth-order valence-corrected chi connectivity index (χ4v) is 4.34. The normalized spacial score (nSPS) is 16.3. The fourth-order valence-electron chi connectivity index (χ4n) is 4.09.